The van der Waals surface area contributed by atoms with E-state index >= 15 is 0 Å². The summed E-state index contributed by atoms with van der Waals surface area (Å²) in [5.41, 5.74) is 0.199. The second kappa shape index (κ2) is 6.50. The molecule has 8 nitrogen and oxygen atoms in total. The number of halogens is 1. The Balaban J connectivity index is 2.13. The third-order valence-electron chi connectivity index (χ3n) is 2.69. The van der Waals surface area contributed by atoms with Crippen LogP contribution in [0.5, 0.6) is 0 Å². The maximum Gasteiger partial charge on any atom is 0.291 e. The van der Waals surface area contributed by atoms with Gasteiger partial charge in [0.25, 0.3) is 11.6 Å². The van der Waals surface area contributed by atoms with E-state index in [-0.39, 0.29) is 27.4 Å². The van der Waals surface area contributed by atoms with Gasteiger partial charge in [-0.05, 0) is 40.2 Å². The van der Waals surface area contributed by atoms with Gasteiger partial charge in [-0.15, -0.1) is 0 Å². The summed E-state index contributed by atoms with van der Waals surface area (Å²) in [6.07, 6.45) is 1.06. The van der Waals surface area contributed by atoms with E-state index < -0.39 is 20.7 Å². The Morgan fingerprint density at radius 1 is 1.35 bits per heavy atom. The standard InChI is InChI=1S/C13H11BrN2O6S/c1-23(20,21)7-9-3-5-12(22-9)13(17)15-8-2-4-11(16(18)19)10(14)6-8/h2-6H,7H2,1H3,(H,15,17). The minimum atomic E-state index is -3.26. The number of anilines is 1. The quantitative estimate of drug-likeness (QED) is 0.606. The van der Waals surface area contributed by atoms with Crippen molar-refractivity contribution in [1.29, 1.82) is 0 Å². The zero-order valence-corrected chi connectivity index (χ0v) is 14.2. The lowest BCUT2D eigenvalue weighted by molar-refractivity contribution is -0.385. The molecular weight excluding hydrogens is 392 g/mol. The number of carbonyl (C=O) groups is 1. The molecule has 1 amide bonds. The van der Waals surface area contributed by atoms with E-state index in [0.717, 1.165) is 6.26 Å². The molecule has 1 aromatic carbocycles. The van der Waals surface area contributed by atoms with Crippen LogP contribution in [0.2, 0.25) is 0 Å². The van der Waals surface area contributed by atoms with Crippen molar-refractivity contribution >= 4 is 43.0 Å². The molecule has 0 atom stereocenters. The molecule has 0 spiro atoms. The zero-order valence-electron chi connectivity index (χ0n) is 11.8. The second-order valence-corrected chi connectivity index (χ2v) is 7.71. The summed E-state index contributed by atoms with van der Waals surface area (Å²) in [7, 11) is -3.26. The van der Waals surface area contributed by atoms with Crippen molar-refractivity contribution in [2.45, 2.75) is 5.75 Å². The van der Waals surface area contributed by atoms with Gasteiger partial charge in [0.05, 0.1) is 9.40 Å². The average molecular weight is 403 g/mol. The average Bonchev–Trinajstić information content (AvgIpc) is 2.84. The van der Waals surface area contributed by atoms with Crippen molar-refractivity contribution in [2.24, 2.45) is 0 Å². The van der Waals surface area contributed by atoms with Crippen LogP contribution in [0.25, 0.3) is 0 Å². The van der Waals surface area contributed by atoms with Gasteiger partial charge in [0.1, 0.15) is 11.5 Å². The molecular formula is C13H11BrN2O6S. The Kier molecular flexibility index (Phi) is 4.85. The minimum absolute atomic E-state index is 0.0573. The van der Waals surface area contributed by atoms with Crippen LogP contribution in [0.1, 0.15) is 16.3 Å². The molecule has 10 heteroatoms. The van der Waals surface area contributed by atoms with Crippen LogP contribution in [-0.4, -0.2) is 25.5 Å². The van der Waals surface area contributed by atoms with Crippen molar-refractivity contribution in [3.8, 4) is 0 Å². The van der Waals surface area contributed by atoms with E-state index in [9.17, 15) is 23.3 Å². The molecule has 0 radical (unpaired) electrons. The monoisotopic (exact) mass is 402 g/mol. The van der Waals surface area contributed by atoms with Crippen molar-refractivity contribution < 1.29 is 22.6 Å². The summed E-state index contributed by atoms with van der Waals surface area (Å²) in [5.74, 6) is -0.797. The maximum absolute atomic E-state index is 12.0. The summed E-state index contributed by atoms with van der Waals surface area (Å²) in [4.78, 5) is 22.2. The lowest BCUT2D eigenvalue weighted by Crippen LogP contribution is -2.11. The van der Waals surface area contributed by atoms with Crippen molar-refractivity contribution in [1.82, 2.24) is 0 Å². The Hall–Kier alpha value is -2.20. The SMILES string of the molecule is CS(=O)(=O)Cc1ccc(C(=O)Nc2ccc([N+](=O)[O-])c(Br)c2)o1. The number of carbonyl (C=O) groups excluding carboxylic acids is 1. The Morgan fingerprint density at radius 3 is 2.61 bits per heavy atom. The van der Waals surface area contributed by atoms with E-state index in [2.05, 4.69) is 21.2 Å². The number of furan rings is 1. The number of hydrogen-bond donors (Lipinski definition) is 1. The number of hydrogen-bond acceptors (Lipinski definition) is 6. The van der Waals surface area contributed by atoms with Gasteiger partial charge in [-0.25, -0.2) is 8.42 Å². The molecule has 122 valence electrons. The van der Waals surface area contributed by atoms with Gasteiger partial charge in [0.2, 0.25) is 0 Å². The van der Waals surface area contributed by atoms with Crippen LogP contribution >= 0.6 is 15.9 Å². The number of benzene rings is 1. The van der Waals surface area contributed by atoms with Crippen LogP contribution in [0.4, 0.5) is 11.4 Å². The highest BCUT2D eigenvalue weighted by Crippen LogP contribution is 2.28. The topological polar surface area (TPSA) is 120 Å². The Labute approximate surface area is 139 Å². The molecule has 2 rings (SSSR count). The highest BCUT2D eigenvalue weighted by atomic mass is 79.9. The Morgan fingerprint density at radius 2 is 2.04 bits per heavy atom. The first-order valence-electron chi connectivity index (χ1n) is 6.17. The van der Waals surface area contributed by atoms with Crippen LogP contribution in [0, 0.1) is 10.1 Å². The van der Waals surface area contributed by atoms with E-state index in [1.807, 2.05) is 0 Å². The van der Waals surface area contributed by atoms with Crippen molar-refractivity contribution in [3.05, 3.63) is 56.4 Å². The van der Waals surface area contributed by atoms with E-state index in [0.29, 0.717) is 5.69 Å². The van der Waals surface area contributed by atoms with Crippen molar-refractivity contribution in [2.75, 3.05) is 11.6 Å². The minimum Gasteiger partial charge on any atom is -0.455 e. The molecule has 1 heterocycles. The van der Waals surface area contributed by atoms with E-state index in [4.69, 9.17) is 4.42 Å². The molecule has 0 unspecified atom stereocenters. The number of nitrogens with zero attached hydrogens (tertiary/aromatic N) is 1. The fourth-order valence-electron chi connectivity index (χ4n) is 1.76. The smallest absolute Gasteiger partial charge is 0.291 e. The lowest BCUT2D eigenvalue weighted by atomic mass is 10.3. The number of sulfone groups is 1. The number of amides is 1. The number of rotatable bonds is 5. The maximum atomic E-state index is 12.0. The van der Waals surface area contributed by atoms with Gasteiger partial charge >= 0.3 is 0 Å². The van der Waals surface area contributed by atoms with Crippen LogP contribution in [0.15, 0.2) is 39.2 Å². The van der Waals surface area contributed by atoms with Crippen LogP contribution < -0.4 is 5.32 Å². The van der Waals surface area contributed by atoms with Gasteiger partial charge in [-0.2, -0.15) is 0 Å². The summed E-state index contributed by atoms with van der Waals surface area (Å²) < 4.78 is 27.7. The molecule has 0 aliphatic rings. The first kappa shape index (κ1) is 17.2. The van der Waals surface area contributed by atoms with Gasteiger partial charge in [0, 0.05) is 18.0 Å². The van der Waals surface area contributed by atoms with Crippen molar-refractivity contribution in [3.63, 3.8) is 0 Å². The molecule has 0 bridgehead atoms. The largest absolute Gasteiger partial charge is 0.455 e. The fraction of sp³-hybridized carbons (Fsp3) is 0.154. The molecule has 0 saturated heterocycles. The van der Waals surface area contributed by atoms with Crippen LogP contribution in [-0.2, 0) is 15.6 Å². The summed E-state index contributed by atoms with van der Waals surface area (Å²) >= 11 is 3.05. The molecule has 0 saturated carbocycles. The molecule has 1 N–H and O–H groups in total. The third kappa shape index (κ3) is 4.63. The number of nitrogens with one attached hydrogen (secondary N) is 1. The van der Waals surface area contributed by atoms with Gasteiger partial charge < -0.3 is 9.73 Å². The number of nitro groups is 1. The summed E-state index contributed by atoms with van der Waals surface area (Å²) in [6.45, 7) is 0. The molecule has 23 heavy (non-hydrogen) atoms. The lowest BCUT2D eigenvalue weighted by Gasteiger charge is -2.04. The van der Waals surface area contributed by atoms with Gasteiger partial charge in [0.15, 0.2) is 15.6 Å². The molecule has 0 aliphatic carbocycles. The van der Waals surface area contributed by atoms with E-state index in [1.165, 1.54) is 30.3 Å². The Bertz CT molecular complexity index is 874. The predicted octanol–water partition coefficient (Wildman–Crippen LogP) is 2.75. The first-order valence-corrected chi connectivity index (χ1v) is 9.03. The third-order valence-corrected chi connectivity index (χ3v) is 4.14. The van der Waals surface area contributed by atoms with Gasteiger partial charge in [-0.1, -0.05) is 0 Å². The molecule has 2 aromatic rings. The molecule has 0 fully saturated rings. The number of nitro benzene ring substituents is 1. The highest BCUT2D eigenvalue weighted by molar-refractivity contribution is 9.10. The zero-order chi connectivity index (χ0) is 17.2. The fourth-order valence-corrected chi connectivity index (χ4v) is 2.96. The summed E-state index contributed by atoms with van der Waals surface area (Å²) in [5, 5.41) is 13.2. The second-order valence-electron chi connectivity index (χ2n) is 4.71. The predicted molar refractivity (Wildman–Crippen MR) is 86.0 cm³/mol. The highest BCUT2D eigenvalue weighted by Gasteiger charge is 2.16. The van der Waals surface area contributed by atoms with Gasteiger partial charge in [-0.3, -0.25) is 14.9 Å². The first-order chi connectivity index (χ1) is 10.7. The molecule has 0 aliphatic heterocycles. The van der Waals surface area contributed by atoms with Crippen LogP contribution in [0.3, 0.4) is 0 Å². The normalized spacial score (nSPS) is 11.2. The van der Waals surface area contributed by atoms with E-state index in [1.54, 1.807) is 0 Å². The summed E-state index contributed by atoms with van der Waals surface area (Å²) in [6, 6.07) is 6.77. The molecule has 1 aromatic heterocycles.